The number of aromatic nitrogens is 1. The molecule has 2 rings (SSSR count). The monoisotopic (exact) mass is 375 g/mol. The molecule has 0 spiro atoms. The van der Waals surface area contributed by atoms with Crippen LogP contribution >= 0.6 is 27.5 Å². The molecular formula is C12H11BrClN3O2S. The van der Waals surface area contributed by atoms with E-state index in [1.54, 1.807) is 19.1 Å². The molecule has 3 N–H and O–H groups in total. The number of sulfonamides is 1. The maximum Gasteiger partial charge on any atom is 0.262 e. The van der Waals surface area contributed by atoms with Crippen LogP contribution in [0.3, 0.4) is 0 Å². The van der Waals surface area contributed by atoms with Crippen LogP contribution in [0.4, 0.5) is 11.4 Å². The van der Waals surface area contributed by atoms with E-state index < -0.39 is 10.0 Å². The van der Waals surface area contributed by atoms with Gasteiger partial charge in [0.15, 0.2) is 5.15 Å². The Morgan fingerprint density at radius 1 is 1.40 bits per heavy atom. The van der Waals surface area contributed by atoms with Crippen molar-refractivity contribution in [1.29, 1.82) is 0 Å². The van der Waals surface area contributed by atoms with Crippen molar-refractivity contribution in [3.63, 3.8) is 0 Å². The summed E-state index contributed by atoms with van der Waals surface area (Å²) in [4.78, 5) is 3.91. The summed E-state index contributed by atoms with van der Waals surface area (Å²) in [6.45, 7) is 1.64. The fourth-order valence-electron chi connectivity index (χ4n) is 1.62. The lowest BCUT2D eigenvalue weighted by Gasteiger charge is -2.13. The Kier molecular flexibility index (Phi) is 4.22. The first-order chi connectivity index (χ1) is 9.31. The molecule has 0 amide bonds. The molecule has 0 aliphatic carbocycles. The minimum atomic E-state index is -3.80. The Labute approximate surface area is 130 Å². The Balaban J connectivity index is 2.49. The average molecular weight is 377 g/mol. The number of anilines is 2. The molecule has 0 radical (unpaired) electrons. The van der Waals surface area contributed by atoms with E-state index >= 15 is 0 Å². The Hall–Kier alpha value is -1.31. The number of nitrogen functional groups attached to an aromatic ring is 1. The largest absolute Gasteiger partial charge is 0.398 e. The van der Waals surface area contributed by atoms with Gasteiger partial charge < -0.3 is 5.73 Å². The predicted octanol–water partition coefficient (Wildman–Crippen LogP) is 3.19. The molecule has 0 bridgehead atoms. The predicted molar refractivity (Wildman–Crippen MR) is 83.3 cm³/mol. The summed E-state index contributed by atoms with van der Waals surface area (Å²) in [7, 11) is -3.80. The fourth-order valence-corrected chi connectivity index (χ4v) is 3.83. The van der Waals surface area contributed by atoms with E-state index in [2.05, 4.69) is 25.6 Å². The molecule has 0 aliphatic heterocycles. The lowest BCUT2D eigenvalue weighted by molar-refractivity contribution is 0.600. The fraction of sp³-hybridized carbons (Fsp3) is 0.0833. The molecule has 2 aromatic rings. The van der Waals surface area contributed by atoms with Gasteiger partial charge in [-0.1, -0.05) is 27.5 Å². The van der Waals surface area contributed by atoms with E-state index in [-0.39, 0.29) is 15.7 Å². The van der Waals surface area contributed by atoms with Gasteiger partial charge >= 0.3 is 0 Å². The van der Waals surface area contributed by atoms with Crippen molar-refractivity contribution in [1.82, 2.24) is 4.98 Å². The maximum atomic E-state index is 12.4. The topological polar surface area (TPSA) is 85.1 Å². The van der Waals surface area contributed by atoms with E-state index in [0.717, 1.165) is 0 Å². The minimum Gasteiger partial charge on any atom is -0.398 e. The van der Waals surface area contributed by atoms with E-state index in [1.165, 1.54) is 18.3 Å². The number of hydrogen-bond donors (Lipinski definition) is 2. The second-order valence-electron chi connectivity index (χ2n) is 4.07. The van der Waals surface area contributed by atoms with Crippen LogP contribution in [0.2, 0.25) is 5.15 Å². The number of rotatable bonds is 3. The zero-order valence-corrected chi connectivity index (χ0v) is 13.6. The summed E-state index contributed by atoms with van der Waals surface area (Å²) in [6, 6.07) is 6.25. The van der Waals surface area contributed by atoms with Crippen molar-refractivity contribution < 1.29 is 8.42 Å². The van der Waals surface area contributed by atoms with E-state index in [4.69, 9.17) is 17.3 Å². The minimum absolute atomic E-state index is 0.0803. The number of benzene rings is 1. The summed E-state index contributed by atoms with van der Waals surface area (Å²) in [6.07, 6.45) is 1.47. The van der Waals surface area contributed by atoms with Gasteiger partial charge in [-0.3, -0.25) is 4.72 Å². The molecule has 0 saturated carbocycles. The lowest BCUT2D eigenvalue weighted by atomic mass is 10.2. The van der Waals surface area contributed by atoms with Crippen LogP contribution in [0.1, 0.15) is 5.56 Å². The summed E-state index contributed by atoms with van der Waals surface area (Å²) in [5.41, 5.74) is 6.85. The molecule has 20 heavy (non-hydrogen) atoms. The van der Waals surface area contributed by atoms with Crippen LogP contribution in [-0.2, 0) is 10.0 Å². The molecule has 1 heterocycles. The Bertz CT molecular complexity index is 765. The smallest absolute Gasteiger partial charge is 0.262 e. The first-order valence-corrected chi connectivity index (χ1v) is 8.15. The van der Waals surface area contributed by atoms with Crippen molar-refractivity contribution in [2.45, 2.75) is 11.8 Å². The summed E-state index contributed by atoms with van der Waals surface area (Å²) < 4.78 is 27.8. The van der Waals surface area contributed by atoms with Crippen molar-refractivity contribution in [2.24, 2.45) is 0 Å². The van der Waals surface area contributed by atoms with E-state index in [0.29, 0.717) is 15.7 Å². The third-order valence-electron chi connectivity index (χ3n) is 2.66. The van der Waals surface area contributed by atoms with Crippen molar-refractivity contribution in [3.8, 4) is 0 Å². The highest BCUT2D eigenvalue weighted by Gasteiger charge is 2.20. The van der Waals surface area contributed by atoms with Gasteiger partial charge in [0.2, 0.25) is 0 Å². The van der Waals surface area contributed by atoms with Crippen LogP contribution in [-0.4, -0.2) is 13.4 Å². The quantitative estimate of drug-likeness (QED) is 0.636. The van der Waals surface area contributed by atoms with Crippen LogP contribution < -0.4 is 10.5 Å². The number of nitrogens with one attached hydrogen (secondary N) is 1. The SMILES string of the molecule is Cc1c(N)cc(Br)cc1S(=O)(=O)Nc1cccnc1Cl. The normalized spacial score (nSPS) is 11.3. The standard InChI is InChI=1S/C12H11BrClN3O2S/c1-7-9(15)5-8(13)6-11(7)20(18,19)17-10-3-2-4-16-12(10)14/h2-6,17H,15H2,1H3. The average Bonchev–Trinajstić information content (AvgIpc) is 2.36. The molecule has 0 saturated heterocycles. The second-order valence-corrected chi connectivity index (χ2v) is 6.99. The van der Waals surface area contributed by atoms with Crippen molar-refractivity contribution in [3.05, 3.63) is 45.7 Å². The molecule has 1 aromatic carbocycles. The summed E-state index contributed by atoms with van der Waals surface area (Å²) in [5.74, 6) is 0. The molecule has 8 heteroatoms. The van der Waals surface area contributed by atoms with Crippen LogP contribution in [0, 0.1) is 6.92 Å². The van der Waals surface area contributed by atoms with Gasteiger partial charge in [0, 0.05) is 16.4 Å². The van der Waals surface area contributed by atoms with Gasteiger partial charge in [0.05, 0.1) is 10.6 Å². The molecule has 106 valence electrons. The van der Waals surface area contributed by atoms with E-state index in [1.807, 2.05) is 0 Å². The van der Waals surface area contributed by atoms with Crippen LogP contribution in [0.15, 0.2) is 39.8 Å². The molecule has 0 fully saturated rings. The summed E-state index contributed by atoms with van der Waals surface area (Å²) in [5, 5.41) is 0.0803. The summed E-state index contributed by atoms with van der Waals surface area (Å²) >= 11 is 9.08. The van der Waals surface area contributed by atoms with Crippen LogP contribution in [0.25, 0.3) is 0 Å². The van der Waals surface area contributed by atoms with Gasteiger partial charge in [-0.25, -0.2) is 13.4 Å². The molecule has 0 atom stereocenters. The maximum absolute atomic E-state index is 12.4. The van der Waals surface area contributed by atoms with Crippen LogP contribution in [0.5, 0.6) is 0 Å². The van der Waals surface area contributed by atoms with Crippen molar-refractivity contribution in [2.75, 3.05) is 10.5 Å². The van der Waals surface area contributed by atoms with Gasteiger partial charge in [-0.2, -0.15) is 0 Å². The third-order valence-corrected chi connectivity index (χ3v) is 4.91. The highest BCUT2D eigenvalue weighted by atomic mass is 79.9. The zero-order chi connectivity index (χ0) is 14.9. The molecule has 0 unspecified atom stereocenters. The highest BCUT2D eigenvalue weighted by Crippen LogP contribution is 2.29. The van der Waals surface area contributed by atoms with Gasteiger partial charge in [0.25, 0.3) is 10.0 Å². The number of nitrogens with zero attached hydrogens (tertiary/aromatic N) is 1. The van der Waals surface area contributed by atoms with Gasteiger partial charge in [0.1, 0.15) is 0 Å². The Morgan fingerprint density at radius 2 is 2.10 bits per heavy atom. The van der Waals surface area contributed by atoms with E-state index in [9.17, 15) is 8.42 Å². The first-order valence-electron chi connectivity index (χ1n) is 5.50. The first kappa shape index (κ1) is 15.1. The Morgan fingerprint density at radius 3 is 2.75 bits per heavy atom. The number of pyridine rings is 1. The molecule has 0 aliphatic rings. The molecule has 1 aromatic heterocycles. The number of nitrogens with two attached hydrogens (primary N) is 1. The lowest BCUT2D eigenvalue weighted by Crippen LogP contribution is -2.15. The van der Waals surface area contributed by atoms with Crippen molar-refractivity contribution >= 4 is 48.9 Å². The second kappa shape index (κ2) is 5.59. The number of hydrogen-bond acceptors (Lipinski definition) is 4. The highest BCUT2D eigenvalue weighted by molar-refractivity contribution is 9.10. The van der Waals surface area contributed by atoms with Gasteiger partial charge in [-0.15, -0.1) is 0 Å². The van der Waals surface area contributed by atoms with Gasteiger partial charge in [-0.05, 0) is 36.8 Å². The molecule has 5 nitrogen and oxygen atoms in total. The third kappa shape index (κ3) is 3.05. The zero-order valence-electron chi connectivity index (χ0n) is 10.4. The molecular weight excluding hydrogens is 366 g/mol. The number of halogens is 2.